The molecule has 0 heterocycles. The second kappa shape index (κ2) is 13.9. The van der Waals surface area contributed by atoms with Crippen molar-refractivity contribution in [2.75, 3.05) is 9.80 Å². The molecule has 0 saturated heterocycles. The molecule has 0 bridgehead atoms. The summed E-state index contributed by atoms with van der Waals surface area (Å²) in [6, 6.07) is 37.0. The molecule has 48 heavy (non-hydrogen) atoms. The lowest BCUT2D eigenvalue weighted by atomic mass is 9.63. The molecule has 0 radical (unpaired) electrons. The zero-order valence-electron chi connectivity index (χ0n) is 29.3. The Morgan fingerprint density at radius 1 is 0.562 bits per heavy atom. The molecular formula is C46H50N2. The van der Waals surface area contributed by atoms with Crippen LogP contribution in [0.4, 0.5) is 22.7 Å². The predicted octanol–water partition coefficient (Wildman–Crippen LogP) is 12.7. The molecule has 1 saturated carbocycles. The molecule has 1 fully saturated rings. The van der Waals surface area contributed by atoms with Crippen molar-refractivity contribution >= 4 is 22.7 Å². The lowest BCUT2D eigenvalue weighted by molar-refractivity contribution is 0.331. The van der Waals surface area contributed by atoms with Gasteiger partial charge in [-0.15, -0.1) is 0 Å². The van der Waals surface area contributed by atoms with Crippen molar-refractivity contribution in [1.82, 2.24) is 0 Å². The largest absolute Gasteiger partial charge is 0.334 e. The molecule has 4 aromatic rings. The van der Waals surface area contributed by atoms with Crippen molar-refractivity contribution < 1.29 is 0 Å². The Morgan fingerprint density at radius 3 is 1.56 bits per heavy atom. The molecule has 4 aromatic carbocycles. The lowest BCUT2D eigenvalue weighted by Gasteiger charge is -2.42. The van der Waals surface area contributed by atoms with Crippen LogP contribution < -0.4 is 9.80 Å². The van der Waals surface area contributed by atoms with E-state index in [9.17, 15) is 0 Å². The van der Waals surface area contributed by atoms with E-state index in [1.54, 1.807) is 5.57 Å². The van der Waals surface area contributed by atoms with Gasteiger partial charge in [0.15, 0.2) is 0 Å². The molecule has 2 nitrogen and oxygen atoms in total. The number of anilines is 4. The Kier molecular flexibility index (Phi) is 9.26. The SMILES string of the molecule is CC1=CCC(N(c2ccc(C)cc2)c2ccc(C3(C4=CC=C(N(c5ccc(C)cc5)c5ccc(C)cc5)CC4)CCCCC3)cc2)C=C1. The molecule has 0 aromatic heterocycles. The van der Waals surface area contributed by atoms with E-state index in [0.29, 0.717) is 6.04 Å². The summed E-state index contributed by atoms with van der Waals surface area (Å²) in [5, 5.41) is 0. The Hall–Kier alpha value is -4.56. The van der Waals surface area contributed by atoms with Crippen molar-refractivity contribution in [1.29, 1.82) is 0 Å². The number of nitrogens with zero attached hydrogens (tertiary/aromatic N) is 2. The first-order valence-corrected chi connectivity index (χ1v) is 18.0. The first-order chi connectivity index (χ1) is 23.4. The van der Waals surface area contributed by atoms with Gasteiger partial charge in [0.2, 0.25) is 0 Å². The summed E-state index contributed by atoms with van der Waals surface area (Å²) in [4.78, 5) is 4.99. The van der Waals surface area contributed by atoms with Crippen LogP contribution in [-0.2, 0) is 5.41 Å². The van der Waals surface area contributed by atoms with Crippen LogP contribution in [0, 0.1) is 20.8 Å². The van der Waals surface area contributed by atoms with E-state index in [0.717, 1.165) is 19.3 Å². The maximum atomic E-state index is 2.52. The minimum atomic E-state index is 0.108. The minimum Gasteiger partial charge on any atom is -0.334 e. The first kappa shape index (κ1) is 32.0. The van der Waals surface area contributed by atoms with Crippen molar-refractivity contribution in [3.8, 4) is 0 Å². The summed E-state index contributed by atoms with van der Waals surface area (Å²) in [7, 11) is 0. The van der Waals surface area contributed by atoms with Gasteiger partial charge in [0.05, 0.1) is 6.04 Å². The highest BCUT2D eigenvalue weighted by Gasteiger charge is 2.38. The maximum Gasteiger partial charge on any atom is 0.0560 e. The molecule has 0 spiro atoms. The summed E-state index contributed by atoms with van der Waals surface area (Å²) in [5.41, 5.74) is 14.8. The summed E-state index contributed by atoms with van der Waals surface area (Å²) in [5.74, 6) is 0. The summed E-state index contributed by atoms with van der Waals surface area (Å²) >= 11 is 0. The van der Waals surface area contributed by atoms with Crippen LogP contribution in [0.25, 0.3) is 0 Å². The Morgan fingerprint density at radius 2 is 1.08 bits per heavy atom. The maximum absolute atomic E-state index is 2.52. The van der Waals surface area contributed by atoms with E-state index in [-0.39, 0.29) is 5.41 Å². The highest BCUT2D eigenvalue weighted by molar-refractivity contribution is 5.70. The van der Waals surface area contributed by atoms with Crippen LogP contribution in [0.5, 0.6) is 0 Å². The average molecular weight is 631 g/mol. The van der Waals surface area contributed by atoms with Gasteiger partial charge in [0.25, 0.3) is 0 Å². The summed E-state index contributed by atoms with van der Waals surface area (Å²) in [6.07, 6.45) is 21.5. The fourth-order valence-corrected chi connectivity index (χ4v) is 8.12. The minimum absolute atomic E-state index is 0.108. The molecule has 0 aliphatic heterocycles. The Balaban J connectivity index is 1.22. The van der Waals surface area contributed by atoms with Crippen molar-refractivity contribution in [2.45, 2.75) is 90.5 Å². The second-order valence-corrected chi connectivity index (χ2v) is 14.4. The van der Waals surface area contributed by atoms with Gasteiger partial charge < -0.3 is 9.80 Å². The summed E-state index contributed by atoms with van der Waals surface area (Å²) < 4.78 is 0. The number of aryl methyl sites for hydroxylation is 3. The van der Waals surface area contributed by atoms with Gasteiger partial charge in [-0.1, -0.05) is 120 Å². The Labute approximate surface area is 288 Å². The van der Waals surface area contributed by atoms with Crippen LogP contribution >= 0.6 is 0 Å². The lowest BCUT2D eigenvalue weighted by Crippen LogP contribution is -2.33. The van der Waals surface area contributed by atoms with Crippen LogP contribution in [0.2, 0.25) is 0 Å². The molecule has 0 N–H and O–H groups in total. The fourth-order valence-electron chi connectivity index (χ4n) is 8.12. The van der Waals surface area contributed by atoms with Crippen LogP contribution in [0.3, 0.4) is 0 Å². The van der Waals surface area contributed by atoms with E-state index < -0.39 is 0 Å². The van der Waals surface area contributed by atoms with Gasteiger partial charge in [-0.2, -0.15) is 0 Å². The molecule has 7 rings (SSSR count). The molecule has 1 atom stereocenters. The van der Waals surface area contributed by atoms with E-state index in [1.807, 2.05) is 0 Å². The number of hydrogen-bond acceptors (Lipinski definition) is 2. The van der Waals surface area contributed by atoms with Gasteiger partial charge >= 0.3 is 0 Å². The number of allylic oxidation sites excluding steroid dienone is 6. The van der Waals surface area contributed by atoms with Gasteiger partial charge in [0.1, 0.15) is 0 Å². The van der Waals surface area contributed by atoms with Crippen LogP contribution in [-0.4, -0.2) is 6.04 Å². The Bertz CT molecular complexity index is 1780. The molecule has 2 heteroatoms. The van der Waals surface area contributed by atoms with Crippen molar-refractivity contribution in [3.05, 3.63) is 167 Å². The van der Waals surface area contributed by atoms with E-state index >= 15 is 0 Å². The normalized spacial score (nSPS) is 18.8. The molecule has 0 amide bonds. The van der Waals surface area contributed by atoms with Crippen molar-refractivity contribution in [3.63, 3.8) is 0 Å². The molecule has 3 aliphatic carbocycles. The van der Waals surface area contributed by atoms with Crippen LogP contribution in [0.1, 0.15) is 80.5 Å². The first-order valence-electron chi connectivity index (χ1n) is 18.0. The highest BCUT2D eigenvalue weighted by atomic mass is 15.2. The van der Waals surface area contributed by atoms with Gasteiger partial charge in [-0.25, -0.2) is 0 Å². The fraction of sp³-hybridized carbons (Fsp3) is 0.304. The number of hydrogen-bond donors (Lipinski definition) is 0. The van der Waals surface area contributed by atoms with Crippen molar-refractivity contribution in [2.24, 2.45) is 0 Å². The third kappa shape index (κ3) is 6.59. The van der Waals surface area contributed by atoms with E-state index in [4.69, 9.17) is 0 Å². The standard InChI is InChI=1S/C46H50N2/c1-34-8-20-40(21-9-34)47(41-22-10-35(2)11-23-41)44-28-16-38(17-29-44)46(32-6-5-7-33-46)39-18-30-45(31-19-39)48(42-24-12-36(3)13-25-42)43-26-14-37(4)15-27-43/h8-18,20-22,24-30,41H,5-7,19,23,31-33H2,1-4H3. The number of rotatable bonds is 8. The van der Waals surface area contributed by atoms with Crippen LogP contribution in [0.15, 0.2) is 144 Å². The third-order valence-corrected chi connectivity index (χ3v) is 10.9. The van der Waals surface area contributed by atoms with Gasteiger partial charge in [0, 0.05) is 33.9 Å². The molecule has 3 aliphatic rings. The average Bonchev–Trinajstić information content (AvgIpc) is 3.13. The monoisotopic (exact) mass is 630 g/mol. The topological polar surface area (TPSA) is 6.48 Å². The van der Waals surface area contributed by atoms with E-state index in [2.05, 4.69) is 165 Å². The molecular weight excluding hydrogens is 581 g/mol. The zero-order valence-corrected chi connectivity index (χ0v) is 29.3. The number of benzene rings is 4. The second-order valence-electron chi connectivity index (χ2n) is 14.4. The van der Waals surface area contributed by atoms with Gasteiger partial charge in [-0.05, 0) is 120 Å². The smallest absolute Gasteiger partial charge is 0.0560 e. The van der Waals surface area contributed by atoms with E-state index in [1.165, 1.54) is 88.4 Å². The zero-order chi connectivity index (χ0) is 33.1. The summed E-state index contributed by atoms with van der Waals surface area (Å²) in [6.45, 7) is 8.69. The quantitative estimate of drug-likeness (QED) is 0.191. The molecule has 1 unspecified atom stereocenters. The third-order valence-electron chi connectivity index (χ3n) is 10.9. The highest BCUT2D eigenvalue weighted by Crippen LogP contribution is 2.49. The predicted molar refractivity (Wildman–Crippen MR) is 206 cm³/mol. The van der Waals surface area contributed by atoms with Gasteiger partial charge in [-0.3, -0.25) is 0 Å². The molecule has 244 valence electrons.